The summed E-state index contributed by atoms with van der Waals surface area (Å²) >= 11 is 5.77. The Kier molecular flexibility index (Phi) is 3.85. The van der Waals surface area contributed by atoms with Gasteiger partial charge in [0.15, 0.2) is 0 Å². The van der Waals surface area contributed by atoms with E-state index in [0.29, 0.717) is 0 Å². The van der Waals surface area contributed by atoms with Gasteiger partial charge < -0.3 is 19.7 Å². The van der Waals surface area contributed by atoms with E-state index in [9.17, 15) is 19.8 Å². The topological polar surface area (TPSA) is 93.1 Å². The Morgan fingerprint density at radius 2 is 1.67 bits per heavy atom. The Morgan fingerprint density at radius 3 is 2.06 bits per heavy atom. The van der Waals surface area contributed by atoms with Crippen molar-refractivity contribution >= 4 is 23.5 Å². The van der Waals surface area contributed by atoms with Crippen molar-refractivity contribution in [2.24, 2.45) is 0 Å². The molecule has 2 N–H and O–H groups in total. The number of carbonyl (C=O) groups is 2. The van der Waals surface area contributed by atoms with Crippen LogP contribution in [0, 0.1) is 0 Å². The second kappa shape index (κ2) is 4.72. The first kappa shape index (κ1) is 14.7. The molecule has 18 heavy (non-hydrogen) atoms. The molecular weight excluding hydrogens is 264 g/mol. The fraction of sp³-hybridized carbons (Fsp3) is 0.455. The molecule has 2 atom stereocenters. The van der Waals surface area contributed by atoms with Gasteiger partial charge in [0.1, 0.15) is 0 Å². The maximum Gasteiger partial charge on any atom is 0.305 e. The molecule has 0 aromatic carbocycles. The van der Waals surface area contributed by atoms with Crippen molar-refractivity contribution in [1.29, 1.82) is 0 Å². The molecule has 0 aliphatic heterocycles. The van der Waals surface area contributed by atoms with Crippen LogP contribution in [-0.4, -0.2) is 33.7 Å². The highest BCUT2D eigenvalue weighted by Gasteiger charge is 2.45. The first-order valence-corrected chi connectivity index (χ1v) is 5.39. The SMILES string of the molecule is CC(=O)OC1(O)C=C(C)C(O)(OC(C)=O)C(Cl)=C1. The maximum atomic E-state index is 10.9. The monoisotopic (exact) mass is 276 g/mol. The molecule has 6 nitrogen and oxygen atoms in total. The quantitative estimate of drug-likeness (QED) is 0.435. The van der Waals surface area contributed by atoms with Gasteiger partial charge in [0.2, 0.25) is 0 Å². The summed E-state index contributed by atoms with van der Waals surface area (Å²) in [6.45, 7) is 3.57. The third-order valence-electron chi connectivity index (χ3n) is 2.21. The Labute approximate surface area is 108 Å². The van der Waals surface area contributed by atoms with E-state index < -0.39 is 23.5 Å². The first-order valence-electron chi connectivity index (χ1n) is 5.02. The number of aliphatic hydroxyl groups is 2. The molecule has 2 unspecified atom stereocenters. The van der Waals surface area contributed by atoms with Gasteiger partial charge in [0, 0.05) is 25.5 Å². The summed E-state index contributed by atoms with van der Waals surface area (Å²) in [5.74, 6) is -5.71. The Bertz CT molecular complexity index is 430. The fourth-order valence-corrected chi connectivity index (χ4v) is 1.89. The molecule has 0 amide bonds. The minimum Gasteiger partial charge on any atom is -0.426 e. The summed E-state index contributed by atoms with van der Waals surface area (Å²) in [5.41, 5.74) is 0.0222. The Hall–Kier alpha value is -1.37. The molecule has 1 aliphatic carbocycles. The zero-order valence-electron chi connectivity index (χ0n) is 10.1. The van der Waals surface area contributed by atoms with E-state index >= 15 is 0 Å². The average molecular weight is 277 g/mol. The molecule has 0 aromatic rings. The molecule has 0 bridgehead atoms. The molecule has 0 spiro atoms. The zero-order valence-corrected chi connectivity index (χ0v) is 10.8. The molecule has 0 aromatic heterocycles. The predicted octanol–water partition coefficient (Wildman–Crippen LogP) is 0.572. The summed E-state index contributed by atoms with van der Waals surface area (Å²) in [4.78, 5) is 21.7. The van der Waals surface area contributed by atoms with Crippen LogP contribution in [0.1, 0.15) is 20.8 Å². The number of carbonyl (C=O) groups excluding carboxylic acids is 2. The van der Waals surface area contributed by atoms with Gasteiger partial charge in [0.25, 0.3) is 11.6 Å². The molecule has 0 saturated carbocycles. The third-order valence-corrected chi connectivity index (χ3v) is 2.58. The van der Waals surface area contributed by atoms with Gasteiger partial charge in [-0.15, -0.1) is 0 Å². The Morgan fingerprint density at radius 1 is 1.17 bits per heavy atom. The lowest BCUT2D eigenvalue weighted by Crippen LogP contribution is -2.44. The molecular formula is C11H13ClO6. The van der Waals surface area contributed by atoms with Gasteiger partial charge in [-0.1, -0.05) is 11.6 Å². The number of esters is 2. The number of halogens is 1. The van der Waals surface area contributed by atoms with Crippen LogP contribution >= 0.6 is 11.6 Å². The van der Waals surface area contributed by atoms with Crippen LogP contribution in [0.3, 0.4) is 0 Å². The van der Waals surface area contributed by atoms with Crippen LogP contribution in [0.2, 0.25) is 0 Å². The van der Waals surface area contributed by atoms with E-state index in [1.165, 1.54) is 6.92 Å². The van der Waals surface area contributed by atoms with Crippen molar-refractivity contribution in [2.75, 3.05) is 0 Å². The molecule has 0 radical (unpaired) electrons. The summed E-state index contributed by atoms with van der Waals surface area (Å²) in [5, 5.41) is 19.6. The van der Waals surface area contributed by atoms with Crippen LogP contribution in [0.5, 0.6) is 0 Å². The van der Waals surface area contributed by atoms with E-state index in [1.807, 2.05) is 0 Å². The first-order chi connectivity index (χ1) is 8.09. The second-order valence-electron chi connectivity index (χ2n) is 3.90. The second-order valence-corrected chi connectivity index (χ2v) is 4.31. The molecule has 100 valence electrons. The van der Waals surface area contributed by atoms with Gasteiger partial charge in [0.05, 0.1) is 5.03 Å². The van der Waals surface area contributed by atoms with Crippen molar-refractivity contribution in [3.63, 3.8) is 0 Å². The lowest BCUT2D eigenvalue weighted by molar-refractivity contribution is -0.188. The van der Waals surface area contributed by atoms with E-state index in [4.69, 9.17) is 16.3 Å². The summed E-state index contributed by atoms with van der Waals surface area (Å²) in [6, 6.07) is 0. The van der Waals surface area contributed by atoms with E-state index in [2.05, 4.69) is 4.74 Å². The average Bonchev–Trinajstić information content (AvgIpc) is 2.11. The van der Waals surface area contributed by atoms with E-state index in [0.717, 1.165) is 26.0 Å². The number of hydrogen-bond donors (Lipinski definition) is 2. The van der Waals surface area contributed by atoms with E-state index in [1.54, 1.807) is 0 Å². The van der Waals surface area contributed by atoms with E-state index in [-0.39, 0.29) is 10.6 Å². The fourth-order valence-electron chi connectivity index (χ4n) is 1.54. The lowest BCUT2D eigenvalue weighted by Gasteiger charge is -2.35. The van der Waals surface area contributed by atoms with Crippen LogP contribution in [0.25, 0.3) is 0 Å². The van der Waals surface area contributed by atoms with Gasteiger partial charge in [-0.25, -0.2) is 0 Å². The van der Waals surface area contributed by atoms with Gasteiger partial charge in [-0.05, 0) is 13.0 Å². The van der Waals surface area contributed by atoms with Gasteiger partial charge >= 0.3 is 11.9 Å². The van der Waals surface area contributed by atoms with Crippen molar-refractivity contribution in [3.8, 4) is 0 Å². The van der Waals surface area contributed by atoms with Gasteiger partial charge in [-0.3, -0.25) is 9.59 Å². The number of hydrogen-bond acceptors (Lipinski definition) is 6. The van der Waals surface area contributed by atoms with Gasteiger partial charge in [-0.2, -0.15) is 0 Å². The van der Waals surface area contributed by atoms with Crippen LogP contribution < -0.4 is 0 Å². The predicted molar refractivity (Wildman–Crippen MR) is 61.1 cm³/mol. The van der Waals surface area contributed by atoms with Crippen LogP contribution in [0.15, 0.2) is 22.8 Å². The highest BCUT2D eigenvalue weighted by atomic mass is 35.5. The normalized spacial score (nSPS) is 31.2. The smallest absolute Gasteiger partial charge is 0.305 e. The van der Waals surface area contributed by atoms with Crippen molar-refractivity contribution in [3.05, 3.63) is 22.8 Å². The molecule has 0 heterocycles. The molecule has 1 aliphatic rings. The molecule has 7 heteroatoms. The highest BCUT2D eigenvalue weighted by molar-refractivity contribution is 6.31. The summed E-state index contributed by atoms with van der Waals surface area (Å²) in [6.07, 6.45) is 1.91. The lowest BCUT2D eigenvalue weighted by atomic mass is 9.96. The van der Waals surface area contributed by atoms with Crippen molar-refractivity contribution in [1.82, 2.24) is 0 Å². The van der Waals surface area contributed by atoms with Crippen LogP contribution in [-0.2, 0) is 19.1 Å². The number of ether oxygens (including phenoxy) is 2. The molecule has 1 rings (SSSR count). The minimum atomic E-state index is -2.15. The highest BCUT2D eigenvalue weighted by Crippen LogP contribution is 2.37. The maximum absolute atomic E-state index is 10.9. The number of rotatable bonds is 2. The summed E-state index contributed by atoms with van der Waals surface area (Å²) in [7, 11) is 0. The molecule has 0 saturated heterocycles. The zero-order chi connectivity index (χ0) is 14.1. The minimum absolute atomic E-state index is 0.0222. The largest absolute Gasteiger partial charge is 0.426 e. The summed E-state index contributed by atoms with van der Waals surface area (Å²) < 4.78 is 9.34. The van der Waals surface area contributed by atoms with Crippen LogP contribution in [0.4, 0.5) is 0 Å². The standard InChI is InChI=1S/C11H13ClO6/c1-6-4-10(15,17-7(2)13)5-9(12)11(6,16)18-8(3)14/h4-5,15-16H,1-3H3. The molecule has 0 fully saturated rings. The third kappa shape index (κ3) is 2.90. The van der Waals surface area contributed by atoms with Crippen molar-refractivity contribution in [2.45, 2.75) is 32.3 Å². The van der Waals surface area contributed by atoms with Crippen molar-refractivity contribution < 1.29 is 29.3 Å². The Balaban J connectivity index is 3.14.